The van der Waals surface area contributed by atoms with Gasteiger partial charge in [0, 0.05) is 0 Å². The number of nitrogens with zero attached hydrogens (tertiary/aromatic N) is 4. The lowest BCUT2D eigenvalue weighted by Gasteiger charge is -2.00. The average Bonchev–Trinajstić information content (AvgIpc) is 2.95. The summed E-state index contributed by atoms with van der Waals surface area (Å²) in [5.74, 6) is 0.974. The van der Waals surface area contributed by atoms with E-state index < -0.39 is 0 Å². The maximum absolute atomic E-state index is 5.94. The van der Waals surface area contributed by atoms with Gasteiger partial charge in [-0.2, -0.15) is 0 Å². The Morgan fingerprint density at radius 2 is 2.05 bits per heavy atom. The minimum absolute atomic E-state index is 0.249. The molecule has 3 rings (SSSR count). The monoisotopic (exact) mass is 313 g/mol. The lowest BCUT2D eigenvalue weighted by Crippen LogP contribution is -1.91. The maximum atomic E-state index is 5.94. The van der Waals surface area contributed by atoms with Crippen molar-refractivity contribution in [1.29, 1.82) is 0 Å². The molecule has 8 heteroatoms. The van der Waals surface area contributed by atoms with Gasteiger partial charge in [0.1, 0.15) is 10.0 Å². The summed E-state index contributed by atoms with van der Waals surface area (Å²) in [6.45, 7) is 4.13. The van der Waals surface area contributed by atoms with Crippen LogP contribution in [0.25, 0.3) is 21.9 Å². The molecule has 0 radical (unpaired) electrons. The molecule has 0 spiro atoms. The zero-order chi connectivity index (χ0) is 13.6. The summed E-state index contributed by atoms with van der Waals surface area (Å²) in [6.07, 6.45) is 0. The minimum Gasteiger partial charge on any atom is -0.336 e. The van der Waals surface area contributed by atoms with Gasteiger partial charge in [-0.3, -0.25) is 0 Å². The first-order valence-electron chi connectivity index (χ1n) is 5.60. The third-order valence-corrected chi connectivity index (χ3v) is 4.08. The smallest absolute Gasteiger partial charge is 0.179 e. The number of H-pyrrole nitrogens is 1. The van der Waals surface area contributed by atoms with E-state index in [0.717, 1.165) is 16.1 Å². The fourth-order valence-corrected chi connectivity index (χ4v) is 2.79. The molecule has 0 atom stereocenters. The van der Waals surface area contributed by atoms with Crippen LogP contribution in [0.15, 0.2) is 6.07 Å². The van der Waals surface area contributed by atoms with E-state index in [9.17, 15) is 0 Å². The van der Waals surface area contributed by atoms with Crippen LogP contribution >= 0.6 is 34.7 Å². The minimum atomic E-state index is 0.249. The van der Waals surface area contributed by atoms with Gasteiger partial charge in [-0.25, -0.2) is 9.97 Å². The summed E-state index contributed by atoms with van der Waals surface area (Å²) < 4.78 is 3.98. The molecular formula is C11H9Cl2N5S. The highest BCUT2D eigenvalue weighted by Gasteiger charge is 2.17. The largest absolute Gasteiger partial charge is 0.336 e. The van der Waals surface area contributed by atoms with E-state index in [1.807, 2.05) is 0 Å². The quantitative estimate of drug-likeness (QED) is 0.728. The Labute approximate surface area is 123 Å². The van der Waals surface area contributed by atoms with Crippen LogP contribution in [0.4, 0.5) is 0 Å². The van der Waals surface area contributed by atoms with Crippen molar-refractivity contribution in [2.45, 2.75) is 19.8 Å². The van der Waals surface area contributed by atoms with E-state index in [-0.39, 0.29) is 11.1 Å². The summed E-state index contributed by atoms with van der Waals surface area (Å²) in [5.41, 5.74) is 2.20. The predicted octanol–water partition coefficient (Wildman–Crippen LogP) is 3.91. The molecule has 0 saturated carbocycles. The molecule has 0 amide bonds. The Kier molecular flexibility index (Phi) is 3.16. The molecule has 0 aliphatic carbocycles. The van der Waals surface area contributed by atoms with E-state index in [0.29, 0.717) is 16.5 Å². The number of fused-ring (bicyclic) bond motifs is 1. The average molecular weight is 314 g/mol. The van der Waals surface area contributed by atoms with Crippen LogP contribution in [-0.4, -0.2) is 24.5 Å². The number of hydrogen-bond acceptors (Lipinski definition) is 5. The van der Waals surface area contributed by atoms with E-state index in [1.54, 1.807) is 6.07 Å². The summed E-state index contributed by atoms with van der Waals surface area (Å²) in [7, 11) is 0. The normalized spacial score (nSPS) is 11.6. The molecule has 19 heavy (non-hydrogen) atoms. The SMILES string of the molecule is CC(C)c1nnsc1-c1nc2nc(Cl)c(Cl)cc2[nH]1. The Balaban J connectivity index is 2.18. The van der Waals surface area contributed by atoms with Crippen LogP contribution < -0.4 is 0 Å². The molecule has 3 aromatic rings. The Hall–Kier alpha value is -1.24. The Morgan fingerprint density at radius 1 is 1.26 bits per heavy atom. The number of hydrogen-bond donors (Lipinski definition) is 1. The third-order valence-electron chi connectivity index (χ3n) is 2.66. The summed E-state index contributed by atoms with van der Waals surface area (Å²) >= 11 is 13.1. The van der Waals surface area contributed by atoms with Crippen molar-refractivity contribution >= 4 is 45.9 Å². The Bertz CT molecular complexity index is 710. The molecule has 3 aromatic heterocycles. The highest BCUT2D eigenvalue weighted by molar-refractivity contribution is 7.09. The third kappa shape index (κ3) is 2.20. The number of pyridine rings is 1. The fourth-order valence-electron chi connectivity index (χ4n) is 1.74. The maximum Gasteiger partial charge on any atom is 0.179 e. The van der Waals surface area contributed by atoms with Gasteiger partial charge in [-0.15, -0.1) is 5.10 Å². The molecule has 0 bridgehead atoms. The molecule has 1 N–H and O–H groups in total. The number of aromatic nitrogens is 5. The molecule has 0 saturated heterocycles. The topological polar surface area (TPSA) is 67.3 Å². The first-order chi connectivity index (χ1) is 9.06. The number of nitrogens with one attached hydrogen (secondary N) is 1. The second kappa shape index (κ2) is 4.70. The molecule has 0 fully saturated rings. The van der Waals surface area contributed by atoms with Gasteiger partial charge in [-0.1, -0.05) is 41.5 Å². The van der Waals surface area contributed by atoms with E-state index in [4.69, 9.17) is 23.2 Å². The number of aromatic amines is 1. The van der Waals surface area contributed by atoms with Gasteiger partial charge in [0.15, 0.2) is 11.5 Å². The van der Waals surface area contributed by atoms with Crippen LogP contribution in [0, 0.1) is 0 Å². The van der Waals surface area contributed by atoms with Crippen LogP contribution in [0.5, 0.6) is 0 Å². The van der Waals surface area contributed by atoms with Gasteiger partial charge >= 0.3 is 0 Å². The van der Waals surface area contributed by atoms with Gasteiger partial charge < -0.3 is 4.98 Å². The second-order valence-corrected chi connectivity index (χ2v) is 5.88. The Morgan fingerprint density at radius 3 is 2.79 bits per heavy atom. The van der Waals surface area contributed by atoms with E-state index in [1.165, 1.54) is 11.5 Å². The van der Waals surface area contributed by atoms with Gasteiger partial charge in [0.2, 0.25) is 0 Å². The van der Waals surface area contributed by atoms with Gasteiger partial charge in [-0.05, 0) is 23.5 Å². The summed E-state index contributed by atoms with van der Waals surface area (Å²) in [4.78, 5) is 12.6. The van der Waals surface area contributed by atoms with Crippen LogP contribution in [-0.2, 0) is 0 Å². The lowest BCUT2D eigenvalue weighted by molar-refractivity contribution is 0.813. The highest BCUT2D eigenvalue weighted by atomic mass is 35.5. The molecule has 0 aliphatic heterocycles. The van der Waals surface area contributed by atoms with Crippen molar-refractivity contribution in [2.75, 3.05) is 0 Å². The van der Waals surface area contributed by atoms with Crippen molar-refractivity contribution in [3.63, 3.8) is 0 Å². The van der Waals surface area contributed by atoms with Crippen LogP contribution in [0.3, 0.4) is 0 Å². The molecule has 5 nitrogen and oxygen atoms in total. The molecule has 0 aromatic carbocycles. The van der Waals surface area contributed by atoms with Crippen LogP contribution in [0.1, 0.15) is 25.5 Å². The highest BCUT2D eigenvalue weighted by Crippen LogP contribution is 2.31. The van der Waals surface area contributed by atoms with Crippen molar-refractivity contribution in [1.82, 2.24) is 24.5 Å². The summed E-state index contributed by atoms with van der Waals surface area (Å²) in [5, 5.41) is 4.78. The van der Waals surface area contributed by atoms with E-state index >= 15 is 0 Å². The fraction of sp³-hybridized carbons (Fsp3) is 0.273. The lowest BCUT2D eigenvalue weighted by atomic mass is 10.1. The zero-order valence-electron chi connectivity index (χ0n) is 10.1. The van der Waals surface area contributed by atoms with Crippen molar-refractivity contribution in [3.8, 4) is 10.7 Å². The molecule has 3 heterocycles. The van der Waals surface area contributed by atoms with Gasteiger partial charge in [0.05, 0.1) is 16.2 Å². The van der Waals surface area contributed by atoms with Gasteiger partial charge in [0.25, 0.3) is 0 Å². The second-order valence-electron chi connectivity index (χ2n) is 4.36. The first-order valence-corrected chi connectivity index (χ1v) is 7.13. The predicted molar refractivity (Wildman–Crippen MR) is 76.9 cm³/mol. The number of rotatable bonds is 2. The standard InChI is InChI=1S/C11H9Cl2N5S/c1-4(2)7-8(19-18-17-7)11-14-6-3-5(12)9(13)15-10(6)16-11/h3-4H,1-2H3,(H,14,15,16). The van der Waals surface area contributed by atoms with Crippen molar-refractivity contribution in [3.05, 3.63) is 21.9 Å². The zero-order valence-corrected chi connectivity index (χ0v) is 12.4. The number of halogens is 2. The summed E-state index contributed by atoms with van der Waals surface area (Å²) in [6, 6.07) is 1.71. The molecule has 98 valence electrons. The first kappa shape index (κ1) is 12.8. The molecule has 0 unspecified atom stereocenters. The number of imidazole rings is 1. The molecular weight excluding hydrogens is 305 g/mol. The molecule has 0 aliphatic rings. The van der Waals surface area contributed by atoms with E-state index in [2.05, 4.69) is 38.4 Å². The van der Waals surface area contributed by atoms with Crippen molar-refractivity contribution < 1.29 is 0 Å². The van der Waals surface area contributed by atoms with Crippen molar-refractivity contribution in [2.24, 2.45) is 0 Å². The van der Waals surface area contributed by atoms with Crippen LogP contribution in [0.2, 0.25) is 10.2 Å².